The summed E-state index contributed by atoms with van der Waals surface area (Å²) in [5, 5.41) is 3.23. The van der Waals surface area contributed by atoms with E-state index in [-0.39, 0.29) is 23.8 Å². The molecule has 108 valence electrons. The highest BCUT2D eigenvalue weighted by molar-refractivity contribution is 5.83. The van der Waals surface area contributed by atoms with Crippen LogP contribution in [-0.2, 0) is 4.79 Å². The molecule has 1 amide bonds. The lowest BCUT2D eigenvalue weighted by atomic mass is 10.1. The van der Waals surface area contributed by atoms with Gasteiger partial charge in [-0.1, -0.05) is 0 Å². The van der Waals surface area contributed by atoms with Gasteiger partial charge >= 0.3 is 0 Å². The Kier molecular flexibility index (Phi) is 3.46. The van der Waals surface area contributed by atoms with Crippen LogP contribution < -0.4 is 5.32 Å². The first kappa shape index (κ1) is 13.5. The molecule has 0 spiro atoms. The number of hydrogen-bond acceptors (Lipinski definition) is 2. The van der Waals surface area contributed by atoms with Gasteiger partial charge in [0.15, 0.2) is 0 Å². The summed E-state index contributed by atoms with van der Waals surface area (Å²) >= 11 is 0. The first-order chi connectivity index (χ1) is 9.58. The predicted octanol–water partition coefficient (Wildman–Crippen LogP) is 1.89. The van der Waals surface area contributed by atoms with E-state index in [0.29, 0.717) is 18.5 Å². The van der Waals surface area contributed by atoms with Gasteiger partial charge in [0.2, 0.25) is 5.91 Å². The monoisotopic (exact) mass is 280 g/mol. The maximum atomic E-state index is 13.7. The molecule has 2 fully saturated rings. The Morgan fingerprint density at radius 3 is 2.95 bits per heavy atom. The minimum absolute atomic E-state index is 0.0765. The minimum Gasteiger partial charge on any atom is -0.337 e. The fourth-order valence-corrected chi connectivity index (χ4v) is 2.99. The number of nitrogens with one attached hydrogen (secondary N) is 1. The van der Waals surface area contributed by atoms with E-state index < -0.39 is 11.6 Å². The first-order valence-corrected chi connectivity index (χ1v) is 7.04. The molecule has 1 N–H and O–H groups in total. The minimum atomic E-state index is -0.449. The van der Waals surface area contributed by atoms with Crippen LogP contribution in [0, 0.1) is 17.6 Å². The average Bonchev–Trinajstić information content (AvgIpc) is 3.21. The normalized spacial score (nSPS) is 29.4. The molecule has 3 rings (SSSR count). The highest BCUT2D eigenvalue weighted by atomic mass is 19.1. The van der Waals surface area contributed by atoms with E-state index in [1.54, 1.807) is 0 Å². The molecule has 1 heterocycles. The summed E-state index contributed by atoms with van der Waals surface area (Å²) in [4.78, 5) is 14.3. The van der Waals surface area contributed by atoms with E-state index in [1.807, 2.05) is 11.8 Å². The fraction of sp³-hybridized carbons (Fsp3) is 0.533. The van der Waals surface area contributed by atoms with Gasteiger partial charge in [-0.15, -0.1) is 0 Å². The molecule has 3 atom stereocenters. The van der Waals surface area contributed by atoms with Gasteiger partial charge in [-0.2, -0.15) is 0 Å². The van der Waals surface area contributed by atoms with E-state index in [4.69, 9.17) is 0 Å². The van der Waals surface area contributed by atoms with Gasteiger partial charge in [0.25, 0.3) is 0 Å². The van der Waals surface area contributed by atoms with Gasteiger partial charge in [-0.25, -0.2) is 8.78 Å². The van der Waals surface area contributed by atoms with Crippen LogP contribution in [0.4, 0.5) is 8.78 Å². The zero-order valence-electron chi connectivity index (χ0n) is 11.4. The van der Waals surface area contributed by atoms with Gasteiger partial charge in [0.05, 0.1) is 0 Å². The summed E-state index contributed by atoms with van der Waals surface area (Å²) in [5.41, 5.74) is 0.339. The van der Waals surface area contributed by atoms with E-state index >= 15 is 0 Å². The number of hydrogen-bond donors (Lipinski definition) is 1. The number of halogens is 2. The van der Waals surface area contributed by atoms with Crippen molar-refractivity contribution in [3.63, 3.8) is 0 Å². The molecule has 0 radical (unpaired) electrons. The summed E-state index contributed by atoms with van der Waals surface area (Å²) in [7, 11) is 0. The van der Waals surface area contributed by atoms with Crippen LogP contribution >= 0.6 is 0 Å². The van der Waals surface area contributed by atoms with Crippen LogP contribution in [0.3, 0.4) is 0 Å². The number of carbonyl (C=O) groups is 1. The van der Waals surface area contributed by atoms with Gasteiger partial charge in [0, 0.05) is 31.6 Å². The SMILES string of the molecule is C[C@H]1CNCCN1C(=O)C1CC1c1cc(F)ccc1F. The molecule has 20 heavy (non-hydrogen) atoms. The summed E-state index contributed by atoms with van der Waals surface area (Å²) in [6.45, 7) is 4.28. The van der Waals surface area contributed by atoms with Crippen LogP contribution in [0.5, 0.6) is 0 Å². The quantitative estimate of drug-likeness (QED) is 0.897. The second kappa shape index (κ2) is 5.13. The topological polar surface area (TPSA) is 32.3 Å². The van der Waals surface area contributed by atoms with Crippen molar-refractivity contribution in [1.82, 2.24) is 10.2 Å². The molecule has 1 saturated carbocycles. The standard InChI is InChI=1S/C15H18F2N2O/c1-9-8-18-4-5-19(9)15(20)13-7-11(13)12-6-10(16)2-3-14(12)17/h2-3,6,9,11,13,18H,4-5,7-8H2,1H3/t9-,11?,13?/m0/s1. The Balaban J connectivity index is 1.72. The lowest BCUT2D eigenvalue weighted by Crippen LogP contribution is -2.52. The fourth-order valence-electron chi connectivity index (χ4n) is 2.99. The molecule has 2 aliphatic rings. The van der Waals surface area contributed by atoms with E-state index in [2.05, 4.69) is 5.32 Å². The smallest absolute Gasteiger partial charge is 0.226 e. The van der Waals surface area contributed by atoms with Gasteiger partial charge < -0.3 is 10.2 Å². The molecule has 1 aliphatic carbocycles. The van der Waals surface area contributed by atoms with Crippen molar-refractivity contribution >= 4 is 5.91 Å². The number of piperazine rings is 1. The molecular formula is C15H18F2N2O. The van der Waals surface area contributed by atoms with Crippen LogP contribution in [0.25, 0.3) is 0 Å². The summed E-state index contributed by atoms with van der Waals surface area (Å²) < 4.78 is 26.9. The van der Waals surface area contributed by atoms with E-state index in [1.165, 1.54) is 6.07 Å². The average molecular weight is 280 g/mol. The van der Waals surface area contributed by atoms with Crippen LogP contribution in [0.15, 0.2) is 18.2 Å². The van der Waals surface area contributed by atoms with Crippen molar-refractivity contribution in [3.8, 4) is 0 Å². The highest BCUT2D eigenvalue weighted by Gasteiger charge is 2.47. The summed E-state index contributed by atoms with van der Waals surface area (Å²) in [5.74, 6) is -1.14. The van der Waals surface area contributed by atoms with E-state index in [9.17, 15) is 13.6 Å². The molecule has 0 bridgehead atoms. The van der Waals surface area contributed by atoms with Crippen molar-refractivity contribution < 1.29 is 13.6 Å². The van der Waals surface area contributed by atoms with Crippen LogP contribution in [0.1, 0.15) is 24.8 Å². The lowest BCUT2D eigenvalue weighted by Gasteiger charge is -2.34. The molecular weight excluding hydrogens is 262 g/mol. The third kappa shape index (κ3) is 2.42. The largest absolute Gasteiger partial charge is 0.337 e. The second-order valence-electron chi connectivity index (χ2n) is 5.70. The van der Waals surface area contributed by atoms with Crippen molar-refractivity contribution in [1.29, 1.82) is 0 Å². The molecule has 5 heteroatoms. The Labute approximate surface area is 117 Å². The number of amides is 1. The van der Waals surface area contributed by atoms with Crippen molar-refractivity contribution in [3.05, 3.63) is 35.4 Å². The highest BCUT2D eigenvalue weighted by Crippen LogP contribution is 2.49. The third-order valence-corrected chi connectivity index (χ3v) is 4.25. The van der Waals surface area contributed by atoms with Crippen LogP contribution in [0.2, 0.25) is 0 Å². The Morgan fingerprint density at radius 1 is 1.40 bits per heavy atom. The Morgan fingerprint density at radius 2 is 2.20 bits per heavy atom. The Bertz CT molecular complexity index is 535. The first-order valence-electron chi connectivity index (χ1n) is 7.04. The maximum absolute atomic E-state index is 13.7. The molecule has 1 aromatic rings. The number of benzene rings is 1. The molecule has 1 aromatic carbocycles. The maximum Gasteiger partial charge on any atom is 0.226 e. The summed E-state index contributed by atoms with van der Waals surface area (Å²) in [6, 6.07) is 3.62. The zero-order chi connectivity index (χ0) is 14.3. The number of nitrogens with zero attached hydrogens (tertiary/aromatic N) is 1. The lowest BCUT2D eigenvalue weighted by molar-refractivity contribution is -0.135. The molecule has 2 unspecified atom stereocenters. The van der Waals surface area contributed by atoms with Crippen molar-refractivity contribution in [2.24, 2.45) is 5.92 Å². The third-order valence-electron chi connectivity index (χ3n) is 4.25. The number of rotatable bonds is 2. The van der Waals surface area contributed by atoms with Gasteiger partial charge in [-0.05, 0) is 43.0 Å². The van der Waals surface area contributed by atoms with Crippen LogP contribution in [-0.4, -0.2) is 36.5 Å². The van der Waals surface area contributed by atoms with Gasteiger partial charge in [0.1, 0.15) is 11.6 Å². The van der Waals surface area contributed by atoms with Crippen molar-refractivity contribution in [2.45, 2.75) is 25.3 Å². The summed E-state index contributed by atoms with van der Waals surface area (Å²) in [6.07, 6.45) is 0.621. The predicted molar refractivity (Wildman–Crippen MR) is 71.3 cm³/mol. The molecule has 1 saturated heterocycles. The molecule has 0 aromatic heterocycles. The molecule has 1 aliphatic heterocycles. The second-order valence-corrected chi connectivity index (χ2v) is 5.70. The van der Waals surface area contributed by atoms with Crippen molar-refractivity contribution in [2.75, 3.05) is 19.6 Å². The van der Waals surface area contributed by atoms with Gasteiger partial charge in [-0.3, -0.25) is 4.79 Å². The molecule has 3 nitrogen and oxygen atoms in total. The number of carbonyl (C=O) groups excluding carboxylic acids is 1. The Hall–Kier alpha value is -1.49. The zero-order valence-corrected chi connectivity index (χ0v) is 11.4. The van der Waals surface area contributed by atoms with E-state index in [0.717, 1.165) is 25.2 Å².